The van der Waals surface area contributed by atoms with Crippen molar-refractivity contribution in [3.05, 3.63) is 65.4 Å². The molecule has 0 saturated carbocycles. The minimum absolute atomic E-state index is 1.02. The van der Waals surface area contributed by atoms with Crippen LogP contribution in [0.2, 0.25) is 0 Å². The first-order valence-electron chi connectivity index (χ1n) is 7.87. The molecule has 1 heterocycles. The van der Waals surface area contributed by atoms with Crippen LogP contribution in [0.15, 0.2) is 48.7 Å². The zero-order chi connectivity index (χ0) is 15.7. The molecule has 0 spiro atoms. The summed E-state index contributed by atoms with van der Waals surface area (Å²) < 4.78 is 2.23. The number of rotatable bonds is 4. The van der Waals surface area contributed by atoms with Crippen LogP contribution in [-0.2, 0) is 13.5 Å². The van der Waals surface area contributed by atoms with Gasteiger partial charge in [0.15, 0.2) is 0 Å². The number of nitrogens with zero attached hydrogens (tertiary/aromatic N) is 2. The standard InChI is InChI=1S/C20H24N2/c1-15-5-8-18(9-6-15)21(3)12-11-17-14-22(4)20-10-7-16(2)13-19(17)20/h5-10,13-14H,11-12H2,1-4H3. The molecule has 2 nitrogen and oxygen atoms in total. The van der Waals surface area contributed by atoms with Gasteiger partial charge in [0.1, 0.15) is 0 Å². The molecule has 0 N–H and O–H groups in total. The van der Waals surface area contributed by atoms with E-state index in [-0.39, 0.29) is 0 Å². The molecule has 0 bridgehead atoms. The van der Waals surface area contributed by atoms with Crippen LogP contribution in [0.5, 0.6) is 0 Å². The molecule has 0 unspecified atom stereocenters. The van der Waals surface area contributed by atoms with E-state index in [1.54, 1.807) is 0 Å². The Morgan fingerprint density at radius 1 is 0.955 bits per heavy atom. The Balaban J connectivity index is 1.79. The molecule has 0 saturated heterocycles. The maximum Gasteiger partial charge on any atom is 0.0480 e. The predicted molar refractivity (Wildman–Crippen MR) is 95.8 cm³/mol. The lowest BCUT2D eigenvalue weighted by Gasteiger charge is -2.19. The van der Waals surface area contributed by atoms with Crippen molar-refractivity contribution in [3.63, 3.8) is 0 Å². The van der Waals surface area contributed by atoms with Crippen molar-refractivity contribution >= 4 is 16.6 Å². The summed E-state index contributed by atoms with van der Waals surface area (Å²) in [7, 11) is 4.30. The predicted octanol–water partition coefficient (Wildman–Crippen LogP) is 4.47. The van der Waals surface area contributed by atoms with E-state index in [9.17, 15) is 0 Å². The fourth-order valence-corrected chi connectivity index (χ4v) is 3.00. The van der Waals surface area contributed by atoms with E-state index in [1.807, 2.05) is 0 Å². The van der Waals surface area contributed by atoms with E-state index in [1.165, 1.54) is 33.3 Å². The summed E-state index contributed by atoms with van der Waals surface area (Å²) in [6.07, 6.45) is 3.33. The van der Waals surface area contributed by atoms with Crippen LogP contribution >= 0.6 is 0 Å². The van der Waals surface area contributed by atoms with Crippen LogP contribution in [-0.4, -0.2) is 18.2 Å². The van der Waals surface area contributed by atoms with E-state index in [0.717, 1.165) is 13.0 Å². The van der Waals surface area contributed by atoms with Gasteiger partial charge in [-0.05, 0) is 50.1 Å². The van der Waals surface area contributed by atoms with Gasteiger partial charge < -0.3 is 9.47 Å². The van der Waals surface area contributed by atoms with Crippen LogP contribution in [0.1, 0.15) is 16.7 Å². The zero-order valence-corrected chi connectivity index (χ0v) is 13.9. The molecule has 0 aliphatic heterocycles. The summed E-state index contributed by atoms with van der Waals surface area (Å²) >= 11 is 0. The number of hydrogen-bond acceptors (Lipinski definition) is 1. The van der Waals surface area contributed by atoms with Gasteiger partial charge in [-0.2, -0.15) is 0 Å². The number of anilines is 1. The molecular formula is C20H24N2. The zero-order valence-electron chi connectivity index (χ0n) is 13.9. The van der Waals surface area contributed by atoms with Gasteiger partial charge in [0, 0.05) is 43.4 Å². The highest BCUT2D eigenvalue weighted by Crippen LogP contribution is 2.23. The van der Waals surface area contributed by atoms with Crippen molar-refractivity contribution < 1.29 is 0 Å². The minimum Gasteiger partial charge on any atom is -0.374 e. The van der Waals surface area contributed by atoms with E-state index in [0.29, 0.717) is 0 Å². The second-order valence-corrected chi connectivity index (χ2v) is 6.29. The molecule has 2 aromatic carbocycles. The number of aryl methyl sites for hydroxylation is 3. The topological polar surface area (TPSA) is 8.17 Å². The Morgan fingerprint density at radius 2 is 1.64 bits per heavy atom. The molecule has 3 aromatic rings. The molecule has 22 heavy (non-hydrogen) atoms. The second-order valence-electron chi connectivity index (χ2n) is 6.29. The lowest BCUT2D eigenvalue weighted by Crippen LogP contribution is -2.20. The highest BCUT2D eigenvalue weighted by atomic mass is 15.1. The Labute approximate surface area is 133 Å². The molecule has 0 radical (unpaired) electrons. The van der Waals surface area contributed by atoms with Gasteiger partial charge >= 0.3 is 0 Å². The van der Waals surface area contributed by atoms with Crippen molar-refractivity contribution in [2.75, 3.05) is 18.5 Å². The molecule has 2 heteroatoms. The van der Waals surface area contributed by atoms with E-state index < -0.39 is 0 Å². The van der Waals surface area contributed by atoms with Crippen molar-refractivity contribution in [2.24, 2.45) is 7.05 Å². The molecule has 1 aromatic heterocycles. The van der Waals surface area contributed by atoms with Gasteiger partial charge in [-0.25, -0.2) is 0 Å². The maximum absolute atomic E-state index is 2.33. The van der Waals surface area contributed by atoms with Gasteiger partial charge in [-0.1, -0.05) is 29.3 Å². The minimum atomic E-state index is 1.02. The lowest BCUT2D eigenvalue weighted by atomic mass is 10.1. The van der Waals surface area contributed by atoms with Gasteiger partial charge in [-0.15, -0.1) is 0 Å². The summed E-state index contributed by atoms with van der Waals surface area (Å²) in [6.45, 7) is 5.31. The van der Waals surface area contributed by atoms with Gasteiger partial charge in [0.25, 0.3) is 0 Å². The lowest BCUT2D eigenvalue weighted by molar-refractivity contribution is 0.870. The van der Waals surface area contributed by atoms with Crippen LogP contribution in [0, 0.1) is 13.8 Å². The average Bonchev–Trinajstić information content (AvgIpc) is 2.81. The first-order valence-corrected chi connectivity index (χ1v) is 7.87. The van der Waals surface area contributed by atoms with Crippen LogP contribution < -0.4 is 4.90 Å². The smallest absolute Gasteiger partial charge is 0.0480 e. The molecule has 0 aliphatic rings. The van der Waals surface area contributed by atoms with Crippen molar-refractivity contribution in [1.82, 2.24) is 4.57 Å². The van der Waals surface area contributed by atoms with Crippen LogP contribution in [0.3, 0.4) is 0 Å². The summed E-state index contributed by atoms with van der Waals surface area (Å²) in [5, 5.41) is 1.39. The highest BCUT2D eigenvalue weighted by molar-refractivity contribution is 5.84. The maximum atomic E-state index is 2.33. The first kappa shape index (κ1) is 14.7. The van der Waals surface area contributed by atoms with E-state index in [4.69, 9.17) is 0 Å². The Bertz CT molecular complexity index is 781. The van der Waals surface area contributed by atoms with Crippen molar-refractivity contribution in [3.8, 4) is 0 Å². The van der Waals surface area contributed by atoms with E-state index >= 15 is 0 Å². The molecule has 0 aliphatic carbocycles. The largest absolute Gasteiger partial charge is 0.374 e. The molecule has 0 amide bonds. The Hall–Kier alpha value is -2.22. The van der Waals surface area contributed by atoms with Crippen molar-refractivity contribution in [1.29, 1.82) is 0 Å². The summed E-state index contributed by atoms with van der Waals surface area (Å²) in [6, 6.07) is 15.4. The summed E-state index contributed by atoms with van der Waals surface area (Å²) in [5.74, 6) is 0. The van der Waals surface area contributed by atoms with Crippen molar-refractivity contribution in [2.45, 2.75) is 20.3 Å². The number of likely N-dealkylation sites (N-methyl/N-ethyl adjacent to an activating group) is 1. The third-order valence-electron chi connectivity index (χ3n) is 4.42. The van der Waals surface area contributed by atoms with Gasteiger partial charge in [0.2, 0.25) is 0 Å². The highest BCUT2D eigenvalue weighted by Gasteiger charge is 2.08. The summed E-state index contributed by atoms with van der Waals surface area (Å²) in [5.41, 5.74) is 6.66. The van der Waals surface area contributed by atoms with E-state index in [2.05, 4.69) is 86.1 Å². The van der Waals surface area contributed by atoms with Crippen LogP contribution in [0.25, 0.3) is 10.9 Å². The fourth-order valence-electron chi connectivity index (χ4n) is 3.00. The van der Waals surface area contributed by atoms with Gasteiger partial charge in [-0.3, -0.25) is 0 Å². The first-order chi connectivity index (χ1) is 10.5. The second kappa shape index (κ2) is 5.88. The number of hydrogen-bond donors (Lipinski definition) is 0. The third kappa shape index (κ3) is 2.87. The molecule has 0 fully saturated rings. The number of fused-ring (bicyclic) bond motifs is 1. The monoisotopic (exact) mass is 292 g/mol. The molecular weight excluding hydrogens is 268 g/mol. The number of aromatic nitrogens is 1. The quantitative estimate of drug-likeness (QED) is 0.688. The normalized spacial score (nSPS) is 11.1. The Morgan fingerprint density at radius 3 is 2.36 bits per heavy atom. The number of benzene rings is 2. The van der Waals surface area contributed by atoms with Gasteiger partial charge in [0.05, 0.1) is 0 Å². The third-order valence-corrected chi connectivity index (χ3v) is 4.42. The molecule has 3 rings (SSSR count). The fraction of sp³-hybridized carbons (Fsp3) is 0.300. The summed E-state index contributed by atoms with van der Waals surface area (Å²) in [4.78, 5) is 2.33. The van der Waals surface area contributed by atoms with Crippen LogP contribution in [0.4, 0.5) is 5.69 Å². The average molecular weight is 292 g/mol. The SMILES string of the molecule is Cc1ccc(N(C)CCc2cn(C)c3ccc(C)cc23)cc1. The Kier molecular flexibility index (Phi) is 3.93. The molecule has 0 atom stereocenters. The molecule has 114 valence electrons.